The van der Waals surface area contributed by atoms with Gasteiger partial charge < -0.3 is 14.8 Å². The molecule has 19 heavy (non-hydrogen) atoms. The van der Waals surface area contributed by atoms with E-state index in [0.717, 1.165) is 11.3 Å². The Bertz CT molecular complexity index is 584. The zero-order valence-corrected chi connectivity index (χ0v) is 10.9. The summed E-state index contributed by atoms with van der Waals surface area (Å²) in [5.74, 6) is 1.34. The molecule has 5 nitrogen and oxygen atoms in total. The molecule has 1 amide bonds. The maximum atomic E-state index is 11.8. The van der Waals surface area contributed by atoms with Crippen LogP contribution in [0.15, 0.2) is 29.8 Å². The Morgan fingerprint density at radius 2 is 2.16 bits per heavy atom. The Balaban J connectivity index is 1.67. The summed E-state index contributed by atoms with van der Waals surface area (Å²) < 4.78 is 10.9. The van der Waals surface area contributed by atoms with E-state index in [1.165, 1.54) is 11.3 Å². The topological polar surface area (TPSA) is 60.5 Å². The van der Waals surface area contributed by atoms with Crippen molar-refractivity contribution >= 4 is 22.4 Å². The van der Waals surface area contributed by atoms with E-state index >= 15 is 0 Å². The molecule has 0 bridgehead atoms. The molecule has 2 aromatic rings. The van der Waals surface area contributed by atoms with Crippen LogP contribution in [0.4, 0.5) is 5.13 Å². The van der Waals surface area contributed by atoms with Gasteiger partial charge in [0.15, 0.2) is 16.6 Å². The third-order valence-corrected chi connectivity index (χ3v) is 3.34. The summed E-state index contributed by atoms with van der Waals surface area (Å²) in [6.07, 6.45) is 1.95. The highest BCUT2D eigenvalue weighted by Gasteiger charge is 2.13. The molecule has 0 spiro atoms. The highest BCUT2D eigenvalue weighted by atomic mass is 32.1. The smallest absolute Gasteiger partial charge is 0.230 e. The second kappa shape index (κ2) is 5.27. The lowest BCUT2D eigenvalue weighted by molar-refractivity contribution is -0.115. The molecule has 1 aromatic heterocycles. The van der Waals surface area contributed by atoms with E-state index in [4.69, 9.17) is 9.47 Å². The lowest BCUT2D eigenvalue weighted by atomic mass is 10.1. The van der Waals surface area contributed by atoms with Gasteiger partial charge in [-0.1, -0.05) is 6.07 Å². The molecule has 0 radical (unpaired) electrons. The number of hydrogen-bond donors (Lipinski definition) is 1. The van der Waals surface area contributed by atoms with Crippen molar-refractivity contribution < 1.29 is 14.3 Å². The molecular formula is C13H12N2O3S. The molecule has 1 aliphatic heterocycles. The van der Waals surface area contributed by atoms with Crippen LogP contribution in [-0.2, 0) is 11.2 Å². The summed E-state index contributed by atoms with van der Waals surface area (Å²) in [5.41, 5.74) is 0.887. The van der Waals surface area contributed by atoms with Crippen molar-refractivity contribution in [3.8, 4) is 11.5 Å². The van der Waals surface area contributed by atoms with Crippen molar-refractivity contribution in [1.29, 1.82) is 0 Å². The number of hydrogen-bond acceptors (Lipinski definition) is 5. The number of anilines is 1. The fourth-order valence-electron chi connectivity index (χ4n) is 1.83. The van der Waals surface area contributed by atoms with Crippen molar-refractivity contribution in [2.24, 2.45) is 0 Å². The van der Waals surface area contributed by atoms with Gasteiger partial charge in [-0.15, -0.1) is 11.3 Å². The Morgan fingerprint density at radius 1 is 1.32 bits per heavy atom. The number of thiazole rings is 1. The molecule has 0 fully saturated rings. The van der Waals surface area contributed by atoms with E-state index in [0.29, 0.717) is 24.1 Å². The predicted octanol–water partition coefficient (Wildman–Crippen LogP) is 2.10. The highest BCUT2D eigenvalue weighted by Crippen LogP contribution is 2.30. The minimum atomic E-state index is -0.0911. The first kappa shape index (κ1) is 12.0. The summed E-state index contributed by atoms with van der Waals surface area (Å²) in [4.78, 5) is 15.8. The number of fused-ring (bicyclic) bond motifs is 1. The van der Waals surface area contributed by atoms with Gasteiger partial charge in [-0.3, -0.25) is 4.79 Å². The summed E-state index contributed by atoms with van der Waals surface area (Å²) in [6.45, 7) is 1.11. The number of rotatable bonds is 3. The molecule has 1 aromatic carbocycles. The summed E-state index contributed by atoms with van der Waals surface area (Å²) in [5, 5.41) is 5.18. The van der Waals surface area contributed by atoms with Gasteiger partial charge in [0.05, 0.1) is 6.42 Å². The Morgan fingerprint density at radius 3 is 2.95 bits per heavy atom. The van der Waals surface area contributed by atoms with Gasteiger partial charge in [0.1, 0.15) is 13.2 Å². The molecule has 0 unspecified atom stereocenters. The van der Waals surface area contributed by atoms with Crippen LogP contribution in [0.5, 0.6) is 11.5 Å². The van der Waals surface area contributed by atoms with Gasteiger partial charge in [0.2, 0.25) is 5.91 Å². The van der Waals surface area contributed by atoms with Crippen LogP contribution >= 0.6 is 11.3 Å². The van der Waals surface area contributed by atoms with Gasteiger partial charge in [0.25, 0.3) is 0 Å². The van der Waals surface area contributed by atoms with Gasteiger partial charge in [-0.05, 0) is 17.7 Å². The lowest BCUT2D eigenvalue weighted by Crippen LogP contribution is -2.17. The number of carbonyl (C=O) groups is 1. The second-order valence-electron chi connectivity index (χ2n) is 4.04. The molecular weight excluding hydrogens is 264 g/mol. The number of ether oxygens (including phenoxy) is 2. The minimum Gasteiger partial charge on any atom is -0.486 e. The molecule has 6 heteroatoms. The Hall–Kier alpha value is -2.08. The van der Waals surface area contributed by atoms with E-state index in [1.54, 1.807) is 6.20 Å². The van der Waals surface area contributed by atoms with E-state index in [2.05, 4.69) is 10.3 Å². The standard InChI is InChI=1S/C13H12N2O3S/c16-12(15-13-14-3-6-19-13)8-9-1-2-10-11(7-9)18-5-4-17-10/h1-3,6-7H,4-5,8H2,(H,14,15,16). The second-order valence-corrected chi connectivity index (χ2v) is 4.93. The minimum absolute atomic E-state index is 0.0911. The van der Waals surface area contributed by atoms with Gasteiger partial charge >= 0.3 is 0 Å². The Labute approximate surface area is 114 Å². The zero-order valence-electron chi connectivity index (χ0n) is 10.1. The van der Waals surface area contributed by atoms with Crippen molar-refractivity contribution in [1.82, 2.24) is 4.98 Å². The quantitative estimate of drug-likeness (QED) is 0.932. The number of carbonyl (C=O) groups excluding carboxylic acids is 1. The lowest BCUT2D eigenvalue weighted by Gasteiger charge is -2.18. The van der Waals surface area contributed by atoms with Crippen LogP contribution in [0.3, 0.4) is 0 Å². The third kappa shape index (κ3) is 2.85. The summed E-state index contributed by atoms with van der Waals surface area (Å²) in [7, 11) is 0. The number of nitrogens with zero attached hydrogens (tertiary/aromatic N) is 1. The van der Waals surface area contributed by atoms with Crippen LogP contribution in [-0.4, -0.2) is 24.1 Å². The largest absolute Gasteiger partial charge is 0.486 e. The van der Waals surface area contributed by atoms with Gasteiger partial charge in [-0.25, -0.2) is 4.98 Å². The summed E-state index contributed by atoms with van der Waals surface area (Å²) >= 11 is 1.40. The molecule has 0 saturated carbocycles. The van der Waals surface area contributed by atoms with Crippen molar-refractivity contribution in [3.05, 3.63) is 35.3 Å². The Kier molecular flexibility index (Phi) is 3.33. The molecule has 1 aliphatic rings. The maximum Gasteiger partial charge on any atom is 0.230 e. The van der Waals surface area contributed by atoms with Crippen LogP contribution in [0.1, 0.15) is 5.56 Å². The SMILES string of the molecule is O=C(Cc1ccc2c(c1)OCCO2)Nc1nccs1. The number of benzene rings is 1. The van der Waals surface area contributed by atoms with E-state index in [1.807, 2.05) is 23.6 Å². The molecule has 1 N–H and O–H groups in total. The molecule has 0 atom stereocenters. The molecule has 3 rings (SSSR count). The highest BCUT2D eigenvalue weighted by molar-refractivity contribution is 7.13. The average Bonchev–Trinajstić information content (AvgIpc) is 2.91. The van der Waals surface area contributed by atoms with Gasteiger partial charge in [-0.2, -0.15) is 0 Å². The van der Waals surface area contributed by atoms with E-state index in [-0.39, 0.29) is 12.3 Å². The predicted molar refractivity (Wildman–Crippen MR) is 71.9 cm³/mol. The van der Waals surface area contributed by atoms with Crippen LogP contribution in [0, 0.1) is 0 Å². The first-order valence-electron chi connectivity index (χ1n) is 5.89. The van der Waals surface area contributed by atoms with Crippen molar-refractivity contribution in [2.75, 3.05) is 18.5 Å². The van der Waals surface area contributed by atoms with Crippen LogP contribution < -0.4 is 14.8 Å². The van der Waals surface area contributed by atoms with E-state index in [9.17, 15) is 4.79 Å². The maximum absolute atomic E-state index is 11.8. The van der Waals surface area contributed by atoms with E-state index < -0.39 is 0 Å². The first-order chi connectivity index (χ1) is 9.31. The fourth-order valence-corrected chi connectivity index (χ4v) is 2.38. The van der Waals surface area contributed by atoms with Crippen LogP contribution in [0.25, 0.3) is 0 Å². The van der Waals surface area contributed by atoms with Crippen LogP contribution in [0.2, 0.25) is 0 Å². The van der Waals surface area contributed by atoms with Crippen molar-refractivity contribution in [3.63, 3.8) is 0 Å². The third-order valence-electron chi connectivity index (χ3n) is 2.65. The average molecular weight is 276 g/mol. The monoisotopic (exact) mass is 276 g/mol. The fraction of sp³-hybridized carbons (Fsp3) is 0.231. The molecule has 0 aliphatic carbocycles. The number of amides is 1. The molecule has 0 saturated heterocycles. The number of aromatic nitrogens is 1. The molecule has 98 valence electrons. The normalized spacial score (nSPS) is 13.1. The molecule has 2 heterocycles. The van der Waals surface area contributed by atoms with Crippen molar-refractivity contribution in [2.45, 2.75) is 6.42 Å². The van der Waals surface area contributed by atoms with Gasteiger partial charge in [0, 0.05) is 11.6 Å². The zero-order chi connectivity index (χ0) is 13.1. The number of nitrogens with one attached hydrogen (secondary N) is 1. The first-order valence-corrected chi connectivity index (χ1v) is 6.77. The summed E-state index contributed by atoms with van der Waals surface area (Å²) in [6, 6.07) is 5.55.